The van der Waals surface area contributed by atoms with Crippen LogP contribution in [0.1, 0.15) is 16.8 Å². The van der Waals surface area contributed by atoms with Gasteiger partial charge in [-0.2, -0.15) is 0 Å². The quantitative estimate of drug-likeness (QED) is 0.468. The second kappa shape index (κ2) is 5.41. The van der Waals surface area contributed by atoms with Gasteiger partial charge in [-0.3, -0.25) is 4.79 Å². The number of hydrogen-bond donors (Lipinski definition) is 2. The van der Waals surface area contributed by atoms with Crippen LogP contribution in [0.25, 0.3) is 0 Å². The largest absolute Gasteiger partial charge is 0.398 e. The molecule has 1 amide bonds. The van der Waals surface area contributed by atoms with Crippen LogP contribution in [0.3, 0.4) is 0 Å². The highest BCUT2D eigenvalue weighted by molar-refractivity contribution is 6.31. The van der Waals surface area contributed by atoms with Gasteiger partial charge in [0.15, 0.2) is 0 Å². The van der Waals surface area contributed by atoms with Crippen LogP contribution in [-0.4, -0.2) is 12.5 Å². The minimum Gasteiger partial charge on any atom is -0.398 e. The van der Waals surface area contributed by atoms with Crippen LogP contribution < -0.4 is 11.1 Å². The summed E-state index contributed by atoms with van der Waals surface area (Å²) in [5.41, 5.74) is 6.49. The molecular formula is C11H13ClN2O. The Labute approximate surface area is 93.9 Å². The van der Waals surface area contributed by atoms with E-state index in [4.69, 9.17) is 17.3 Å². The molecule has 0 heterocycles. The molecule has 15 heavy (non-hydrogen) atoms. The Bertz CT molecular complexity index is 377. The molecular weight excluding hydrogens is 212 g/mol. The maximum Gasteiger partial charge on any atom is 0.253 e. The normalized spacial score (nSPS) is 9.67. The number of nitrogens with two attached hydrogens (primary N) is 1. The van der Waals surface area contributed by atoms with Gasteiger partial charge in [0.05, 0.1) is 5.56 Å². The number of rotatable bonds is 4. The summed E-state index contributed by atoms with van der Waals surface area (Å²) in [5, 5.41) is 3.22. The van der Waals surface area contributed by atoms with E-state index in [1.165, 1.54) is 0 Å². The minimum atomic E-state index is -0.211. The van der Waals surface area contributed by atoms with Crippen LogP contribution in [-0.2, 0) is 0 Å². The smallest absolute Gasteiger partial charge is 0.253 e. The number of carbonyl (C=O) groups excluding carboxylic acids is 1. The molecule has 1 aromatic rings. The van der Waals surface area contributed by atoms with Crippen molar-refractivity contribution in [2.45, 2.75) is 6.42 Å². The Morgan fingerprint density at radius 1 is 1.60 bits per heavy atom. The van der Waals surface area contributed by atoms with Crippen LogP contribution in [0, 0.1) is 0 Å². The van der Waals surface area contributed by atoms with E-state index in [0.29, 0.717) is 22.8 Å². The molecule has 0 atom stereocenters. The van der Waals surface area contributed by atoms with Crippen molar-refractivity contribution in [2.75, 3.05) is 12.3 Å². The fraction of sp³-hybridized carbons (Fsp3) is 0.182. The highest BCUT2D eigenvalue weighted by Crippen LogP contribution is 2.17. The topological polar surface area (TPSA) is 55.1 Å². The molecule has 3 nitrogen and oxygen atoms in total. The molecule has 0 aromatic heterocycles. The van der Waals surface area contributed by atoms with Crippen LogP contribution in [0.4, 0.5) is 5.69 Å². The maximum absolute atomic E-state index is 11.6. The molecule has 0 bridgehead atoms. The second-order valence-corrected chi connectivity index (χ2v) is 3.50. The van der Waals surface area contributed by atoms with E-state index in [1.807, 2.05) is 0 Å². The summed E-state index contributed by atoms with van der Waals surface area (Å²) in [6, 6.07) is 4.82. The van der Waals surface area contributed by atoms with Crippen LogP contribution in [0.15, 0.2) is 30.9 Å². The van der Waals surface area contributed by atoms with E-state index in [1.54, 1.807) is 24.3 Å². The first-order valence-corrected chi connectivity index (χ1v) is 4.97. The SMILES string of the molecule is C=CCCNC(=O)c1cc(Cl)ccc1N. The number of nitrogen functional groups attached to an aromatic ring is 1. The fourth-order valence-electron chi connectivity index (χ4n) is 1.11. The lowest BCUT2D eigenvalue weighted by Crippen LogP contribution is -2.25. The summed E-state index contributed by atoms with van der Waals surface area (Å²) in [5.74, 6) is -0.211. The molecule has 0 saturated heterocycles. The summed E-state index contributed by atoms with van der Waals surface area (Å²) in [7, 11) is 0. The van der Waals surface area contributed by atoms with Gasteiger partial charge in [-0.25, -0.2) is 0 Å². The zero-order valence-corrected chi connectivity index (χ0v) is 9.05. The molecule has 0 unspecified atom stereocenters. The van der Waals surface area contributed by atoms with Gasteiger partial charge in [0.2, 0.25) is 0 Å². The number of nitrogens with one attached hydrogen (secondary N) is 1. The number of hydrogen-bond acceptors (Lipinski definition) is 2. The standard InChI is InChI=1S/C11H13ClN2O/c1-2-3-6-14-11(15)9-7-8(12)4-5-10(9)13/h2,4-5,7H,1,3,6,13H2,(H,14,15). The Balaban J connectivity index is 2.72. The van der Waals surface area contributed by atoms with Gasteiger partial charge >= 0.3 is 0 Å². The van der Waals surface area contributed by atoms with Gasteiger partial charge < -0.3 is 11.1 Å². The zero-order chi connectivity index (χ0) is 11.3. The first-order valence-electron chi connectivity index (χ1n) is 4.59. The third kappa shape index (κ3) is 3.29. The van der Waals surface area contributed by atoms with Gasteiger partial charge in [-0.05, 0) is 24.6 Å². The average Bonchev–Trinajstić information content (AvgIpc) is 2.22. The molecule has 0 saturated carbocycles. The number of carbonyl (C=O) groups is 1. The maximum atomic E-state index is 11.6. The van der Waals surface area contributed by atoms with Crippen LogP contribution in [0.2, 0.25) is 5.02 Å². The van der Waals surface area contributed by atoms with Crippen molar-refractivity contribution in [1.29, 1.82) is 0 Å². The van der Waals surface area contributed by atoms with Gasteiger partial charge in [0.1, 0.15) is 0 Å². The highest BCUT2D eigenvalue weighted by atomic mass is 35.5. The monoisotopic (exact) mass is 224 g/mol. The van der Waals surface area contributed by atoms with Crippen molar-refractivity contribution in [3.63, 3.8) is 0 Å². The van der Waals surface area contributed by atoms with Crippen LogP contribution >= 0.6 is 11.6 Å². The molecule has 0 spiro atoms. The Hall–Kier alpha value is -1.48. The van der Waals surface area contributed by atoms with E-state index in [0.717, 1.165) is 6.42 Å². The highest BCUT2D eigenvalue weighted by Gasteiger charge is 2.08. The lowest BCUT2D eigenvalue weighted by atomic mass is 10.1. The van der Waals surface area contributed by atoms with E-state index >= 15 is 0 Å². The lowest BCUT2D eigenvalue weighted by Gasteiger charge is -2.06. The Morgan fingerprint density at radius 3 is 3.00 bits per heavy atom. The summed E-state index contributed by atoms with van der Waals surface area (Å²) in [6.45, 7) is 4.11. The van der Waals surface area contributed by atoms with Crippen molar-refractivity contribution >= 4 is 23.2 Å². The van der Waals surface area contributed by atoms with Crippen molar-refractivity contribution in [3.05, 3.63) is 41.4 Å². The number of benzene rings is 1. The first-order chi connectivity index (χ1) is 7.15. The molecule has 0 aliphatic rings. The van der Waals surface area contributed by atoms with E-state index in [9.17, 15) is 4.79 Å². The predicted molar refractivity (Wildman–Crippen MR) is 63.0 cm³/mol. The summed E-state index contributed by atoms with van der Waals surface area (Å²) in [6.07, 6.45) is 2.47. The van der Waals surface area contributed by atoms with E-state index in [2.05, 4.69) is 11.9 Å². The second-order valence-electron chi connectivity index (χ2n) is 3.06. The van der Waals surface area contributed by atoms with Gasteiger partial charge in [-0.1, -0.05) is 17.7 Å². The third-order valence-corrected chi connectivity index (χ3v) is 2.13. The molecule has 1 rings (SSSR count). The molecule has 0 radical (unpaired) electrons. The summed E-state index contributed by atoms with van der Waals surface area (Å²) >= 11 is 5.77. The van der Waals surface area contributed by atoms with Crippen molar-refractivity contribution < 1.29 is 4.79 Å². The number of anilines is 1. The predicted octanol–water partition coefficient (Wildman–Crippen LogP) is 2.23. The molecule has 80 valence electrons. The zero-order valence-electron chi connectivity index (χ0n) is 8.29. The molecule has 0 aliphatic carbocycles. The number of halogens is 1. The Kier molecular flexibility index (Phi) is 4.18. The average molecular weight is 225 g/mol. The number of amides is 1. The van der Waals surface area contributed by atoms with Crippen molar-refractivity contribution in [3.8, 4) is 0 Å². The van der Waals surface area contributed by atoms with Gasteiger partial charge in [-0.15, -0.1) is 6.58 Å². The fourth-order valence-corrected chi connectivity index (χ4v) is 1.28. The van der Waals surface area contributed by atoms with Gasteiger partial charge in [0, 0.05) is 17.3 Å². The third-order valence-electron chi connectivity index (χ3n) is 1.89. The minimum absolute atomic E-state index is 0.211. The first kappa shape index (κ1) is 11.6. The van der Waals surface area contributed by atoms with Crippen LogP contribution in [0.5, 0.6) is 0 Å². The molecule has 1 aromatic carbocycles. The van der Waals surface area contributed by atoms with E-state index in [-0.39, 0.29) is 5.91 Å². The summed E-state index contributed by atoms with van der Waals surface area (Å²) in [4.78, 5) is 11.6. The summed E-state index contributed by atoms with van der Waals surface area (Å²) < 4.78 is 0. The molecule has 3 N–H and O–H groups in total. The lowest BCUT2D eigenvalue weighted by molar-refractivity contribution is 0.0955. The van der Waals surface area contributed by atoms with Gasteiger partial charge in [0.25, 0.3) is 5.91 Å². The molecule has 0 aliphatic heterocycles. The van der Waals surface area contributed by atoms with Crippen molar-refractivity contribution in [2.24, 2.45) is 0 Å². The Morgan fingerprint density at radius 2 is 2.33 bits per heavy atom. The molecule has 0 fully saturated rings. The van der Waals surface area contributed by atoms with Crippen molar-refractivity contribution in [1.82, 2.24) is 5.32 Å². The van der Waals surface area contributed by atoms with E-state index < -0.39 is 0 Å². The molecule has 4 heteroatoms.